The van der Waals surface area contributed by atoms with Gasteiger partial charge in [0.25, 0.3) is 0 Å². The molecule has 7 nitrogen and oxygen atoms in total. The van der Waals surface area contributed by atoms with Gasteiger partial charge in [0, 0.05) is 50.4 Å². The lowest BCUT2D eigenvalue weighted by Crippen LogP contribution is -2.47. The number of amides is 1. The molecule has 0 atom stereocenters. The van der Waals surface area contributed by atoms with Gasteiger partial charge in [0.1, 0.15) is 36.3 Å². The van der Waals surface area contributed by atoms with Crippen molar-refractivity contribution in [1.29, 1.82) is 0 Å². The van der Waals surface area contributed by atoms with Gasteiger partial charge in [0.05, 0.1) is 11.2 Å². The first-order valence-corrected chi connectivity index (χ1v) is 17.0. The second-order valence-corrected chi connectivity index (χ2v) is 12.9. The number of carbonyl (C=O) groups excluding carboxylic acids is 1. The minimum atomic E-state index is -0.342. The fourth-order valence-corrected chi connectivity index (χ4v) is 5.91. The fourth-order valence-electron chi connectivity index (χ4n) is 5.60. The molecular weight excluding hydrogens is 707 g/mol. The molecule has 0 bridgehead atoms. The Bertz CT molecular complexity index is 1960. The van der Waals surface area contributed by atoms with Crippen LogP contribution < -0.4 is 14.2 Å². The molecule has 0 N–H and O–H groups in total. The highest BCUT2D eigenvalue weighted by Crippen LogP contribution is 2.34. The molecule has 1 saturated heterocycles. The third-order valence-corrected chi connectivity index (χ3v) is 8.81. The molecule has 6 rings (SSSR count). The second kappa shape index (κ2) is 18.0. The number of benzene rings is 4. The molecule has 1 aromatic heterocycles. The van der Waals surface area contributed by atoms with E-state index in [0.717, 1.165) is 16.7 Å². The molecule has 1 fully saturated rings. The highest BCUT2D eigenvalue weighted by atomic mass is 35.5. The second-order valence-electron chi connectivity index (χ2n) is 12.5. The van der Waals surface area contributed by atoms with Gasteiger partial charge in [0.2, 0.25) is 11.8 Å². The van der Waals surface area contributed by atoms with Crippen LogP contribution in [0.2, 0.25) is 5.02 Å². The van der Waals surface area contributed by atoms with Crippen LogP contribution in [0.5, 0.6) is 23.1 Å². The van der Waals surface area contributed by atoms with Gasteiger partial charge in [-0.15, -0.1) is 12.4 Å². The quantitative estimate of drug-likeness (QED) is 0.119. The Kier molecular flexibility index (Phi) is 13.2. The van der Waals surface area contributed by atoms with E-state index >= 15 is 0 Å². The molecule has 5 aromatic rings. The summed E-state index contributed by atoms with van der Waals surface area (Å²) < 4.78 is 45.5. The van der Waals surface area contributed by atoms with E-state index in [4.69, 9.17) is 25.8 Å². The van der Waals surface area contributed by atoms with Crippen LogP contribution in [0.15, 0.2) is 103 Å². The summed E-state index contributed by atoms with van der Waals surface area (Å²) in [7, 11) is 0. The molecule has 1 aliphatic rings. The number of hydrogen-bond donors (Lipinski definition) is 0. The van der Waals surface area contributed by atoms with Gasteiger partial charge >= 0.3 is 0 Å². The van der Waals surface area contributed by atoms with Gasteiger partial charge in [-0.2, -0.15) is 0 Å². The Morgan fingerprint density at radius 3 is 2.17 bits per heavy atom. The van der Waals surface area contributed by atoms with Crippen LogP contribution in [0.3, 0.4) is 0 Å². The van der Waals surface area contributed by atoms with Crippen molar-refractivity contribution in [2.45, 2.75) is 33.6 Å². The Balaban J connectivity index is 0.00000523. The summed E-state index contributed by atoms with van der Waals surface area (Å²) >= 11 is 6.60. The van der Waals surface area contributed by atoms with Crippen molar-refractivity contribution in [3.63, 3.8) is 0 Å². The minimum Gasteiger partial charge on any atom is -0.489 e. The summed E-state index contributed by atoms with van der Waals surface area (Å²) in [6.45, 7) is 7.31. The highest BCUT2D eigenvalue weighted by Gasteiger charge is 2.21. The normalized spacial score (nSPS) is 13.1. The molecule has 52 heavy (non-hydrogen) atoms. The SMILES string of the molecule is Cc1ccc(COc2ccc(Oc3c(C)cc(/C=C/C(=O)N4CCN(Cc5ccc(COc6ccc(F)cc6)cc5F)CC4)cc3Cl)nc2)cc1.Cl. The van der Waals surface area contributed by atoms with Gasteiger partial charge < -0.3 is 19.1 Å². The third kappa shape index (κ3) is 10.5. The van der Waals surface area contributed by atoms with E-state index in [1.165, 1.54) is 35.9 Å². The summed E-state index contributed by atoms with van der Waals surface area (Å²) in [4.78, 5) is 21.3. The molecule has 0 spiro atoms. The van der Waals surface area contributed by atoms with E-state index in [9.17, 15) is 13.6 Å². The van der Waals surface area contributed by atoms with Crippen molar-refractivity contribution in [1.82, 2.24) is 14.8 Å². The maximum Gasteiger partial charge on any atom is 0.246 e. The summed E-state index contributed by atoms with van der Waals surface area (Å²) in [5.74, 6) is 1.26. The lowest BCUT2D eigenvalue weighted by molar-refractivity contribution is -0.127. The Morgan fingerprint density at radius 1 is 0.827 bits per heavy atom. The first-order valence-electron chi connectivity index (χ1n) is 16.7. The van der Waals surface area contributed by atoms with E-state index in [1.54, 1.807) is 47.5 Å². The van der Waals surface area contributed by atoms with Gasteiger partial charge in [-0.25, -0.2) is 13.8 Å². The zero-order chi connectivity index (χ0) is 35.7. The summed E-state index contributed by atoms with van der Waals surface area (Å²) in [6, 6.07) is 26.1. The van der Waals surface area contributed by atoms with Crippen molar-refractivity contribution < 1.29 is 27.8 Å². The van der Waals surface area contributed by atoms with E-state index in [2.05, 4.69) is 9.88 Å². The maximum atomic E-state index is 14.9. The number of aryl methyl sites for hydroxylation is 2. The van der Waals surface area contributed by atoms with Crippen molar-refractivity contribution in [2.75, 3.05) is 26.2 Å². The molecule has 270 valence electrons. The number of piperazine rings is 1. The highest BCUT2D eigenvalue weighted by molar-refractivity contribution is 6.32. The number of hydrogen-bond acceptors (Lipinski definition) is 6. The van der Waals surface area contributed by atoms with Gasteiger partial charge in [-0.05, 0) is 90.7 Å². The van der Waals surface area contributed by atoms with Gasteiger partial charge in [-0.3, -0.25) is 9.69 Å². The van der Waals surface area contributed by atoms with Crippen molar-refractivity contribution in [2.24, 2.45) is 0 Å². The van der Waals surface area contributed by atoms with Crippen molar-refractivity contribution in [3.8, 4) is 23.1 Å². The molecular formula is C41H39Cl2F2N3O4. The van der Waals surface area contributed by atoms with Crippen LogP contribution in [-0.4, -0.2) is 46.9 Å². The number of rotatable bonds is 12. The molecule has 0 unspecified atom stereocenters. The van der Waals surface area contributed by atoms with Crippen LogP contribution >= 0.6 is 24.0 Å². The van der Waals surface area contributed by atoms with Crippen LogP contribution in [0.25, 0.3) is 6.08 Å². The zero-order valence-electron chi connectivity index (χ0n) is 28.9. The van der Waals surface area contributed by atoms with E-state index < -0.39 is 0 Å². The first-order chi connectivity index (χ1) is 24.7. The summed E-state index contributed by atoms with van der Waals surface area (Å²) in [6.07, 6.45) is 4.90. The molecule has 1 aliphatic heterocycles. The lowest BCUT2D eigenvalue weighted by atomic mass is 10.1. The molecule has 1 amide bonds. The average Bonchev–Trinajstić information content (AvgIpc) is 3.13. The molecule has 0 aliphatic carbocycles. The van der Waals surface area contributed by atoms with Crippen molar-refractivity contribution >= 4 is 36.0 Å². The topological polar surface area (TPSA) is 64.1 Å². The Labute approximate surface area is 313 Å². The molecule has 4 aromatic carbocycles. The predicted molar refractivity (Wildman–Crippen MR) is 201 cm³/mol. The van der Waals surface area contributed by atoms with Crippen LogP contribution in [0.1, 0.15) is 33.4 Å². The van der Waals surface area contributed by atoms with Crippen LogP contribution in [0.4, 0.5) is 8.78 Å². The van der Waals surface area contributed by atoms with E-state index in [-0.39, 0.29) is 36.6 Å². The van der Waals surface area contributed by atoms with Crippen molar-refractivity contribution in [3.05, 3.63) is 153 Å². The van der Waals surface area contributed by atoms with Gasteiger partial charge in [-0.1, -0.05) is 53.6 Å². The number of halogens is 4. The summed E-state index contributed by atoms with van der Waals surface area (Å²) in [5, 5.41) is 0.401. The Hall–Kier alpha value is -4.96. The monoisotopic (exact) mass is 745 g/mol. The largest absolute Gasteiger partial charge is 0.489 e. The zero-order valence-corrected chi connectivity index (χ0v) is 30.4. The minimum absolute atomic E-state index is 0. The first kappa shape index (κ1) is 38.3. The number of aromatic nitrogens is 1. The van der Waals surface area contributed by atoms with Gasteiger partial charge in [0.15, 0.2) is 5.75 Å². The number of ether oxygens (including phenoxy) is 3. The molecule has 0 radical (unpaired) electrons. The van der Waals surface area contributed by atoms with Crippen LogP contribution in [-0.2, 0) is 24.6 Å². The smallest absolute Gasteiger partial charge is 0.246 e. The number of pyridine rings is 1. The maximum absolute atomic E-state index is 14.9. The predicted octanol–water partition coefficient (Wildman–Crippen LogP) is 9.36. The fraction of sp³-hybridized carbons (Fsp3) is 0.220. The summed E-state index contributed by atoms with van der Waals surface area (Å²) in [5.41, 5.74) is 5.10. The number of carbonyl (C=O) groups is 1. The van der Waals surface area contributed by atoms with E-state index in [0.29, 0.717) is 78.6 Å². The third-order valence-electron chi connectivity index (χ3n) is 8.53. The standard InChI is InChI=1S/C41H38ClF2N3O4.ClH/c1-28-3-5-30(6-4-28)26-50-36-14-15-39(45-24-36)51-41-29(2)21-31(22-37(41)42)8-16-40(48)47-19-17-46(18-20-47)25-33-9-7-32(23-38(33)44)27-49-35-12-10-34(43)11-13-35;/h3-16,21-24H,17-20,25-27H2,1-2H3;1H/b16-8+;. The van der Waals surface area contributed by atoms with Crippen LogP contribution in [0, 0.1) is 25.5 Å². The average molecular weight is 747 g/mol. The molecule has 2 heterocycles. The molecule has 11 heteroatoms. The number of nitrogens with zero attached hydrogens (tertiary/aromatic N) is 3. The van der Waals surface area contributed by atoms with E-state index in [1.807, 2.05) is 50.2 Å². The Morgan fingerprint density at radius 2 is 1.50 bits per heavy atom. The lowest BCUT2D eigenvalue weighted by Gasteiger charge is -2.34. The molecule has 0 saturated carbocycles.